The van der Waals surface area contributed by atoms with Crippen LogP contribution >= 0.6 is 0 Å². The van der Waals surface area contributed by atoms with Gasteiger partial charge in [-0.3, -0.25) is 4.79 Å². The van der Waals surface area contributed by atoms with E-state index in [0.717, 1.165) is 17.0 Å². The first-order valence-electron chi connectivity index (χ1n) is 8.50. The quantitative estimate of drug-likeness (QED) is 0.773. The maximum Gasteiger partial charge on any atom is 0.279 e. The lowest BCUT2D eigenvalue weighted by Crippen LogP contribution is -3.15. The van der Waals surface area contributed by atoms with Gasteiger partial charge in [0.25, 0.3) is 5.91 Å². The normalized spacial score (nSPS) is 16.2. The number of amides is 1. The van der Waals surface area contributed by atoms with Crippen LogP contribution in [0.25, 0.3) is 0 Å². The maximum atomic E-state index is 13.9. The number of benzene rings is 2. The van der Waals surface area contributed by atoms with Crippen molar-refractivity contribution in [2.75, 3.05) is 38.0 Å². The number of nitrogens with one attached hydrogen (secondary N) is 2. The van der Waals surface area contributed by atoms with Crippen LogP contribution in [0.4, 0.5) is 14.5 Å². The molecule has 0 saturated carbocycles. The van der Waals surface area contributed by atoms with Crippen LogP contribution in [-0.2, 0) is 14.8 Å². The first kappa shape index (κ1) is 19.4. The van der Waals surface area contributed by atoms with E-state index in [1.807, 2.05) is 18.2 Å². The number of carbonyl (C=O) groups is 1. The summed E-state index contributed by atoms with van der Waals surface area (Å²) in [6, 6.07) is 11.5. The fourth-order valence-electron chi connectivity index (χ4n) is 3.00. The fourth-order valence-corrected chi connectivity index (χ4v) is 4.48. The number of hydrogen-bond donors (Lipinski definition) is 2. The van der Waals surface area contributed by atoms with Crippen molar-refractivity contribution in [1.82, 2.24) is 4.31 Å². The molecule has 1 fully saturated rings. The Bertz CT molecular complexity index is 915. The average molecular weight is 396 g/mol. The molecule has 0 bridgehead atoms. The van der Waals surface area contributed by atoms with Crippen LogP contribution in [-0.4, -0.2) is 51.4 Å². The first-order valence-corrected chi connectivity index (χ1v) is 9.94. The van der Waals surface area contributed by atoms with Gasteiger partial charge in [-0.25, -0.2) is 17.2 Å². The molecule has 1 aliphatic heterocycles. The summed E-state index contributed by atoms with van der Waals surface area (Å²) in [5.74, 6) is -2.09. The van der Waals surface area contributed by atoms with Gasteiger partial charge in [0, 0.05) is 11.8 Å². The van der Waals surface area contributed by atoms with Gasteiger partial charge in [-0.15, -0.1) is 0 Å². The number of para-hydroxylation sites is 1. The van der Waals surface area contributed by atoms with Crippen molar-refractivity contribution in [2.45, 2.75) is 4.90 Å². The Labute approximate surface area is 156 Å². The van der Waals surface area contributed by atoms with E-state index in [9.17, 15) is 22.0 Å². The molecule has 0 aliphatic carbocycles. The Kier molecular flexibility index (Phi) is 5.83. The van der Waals surface area contributed by atoms with Crippen molar-refractivity contribution in [3.63, 3.8) is 0 Å². The smallest absolute Gasteiger partial charge is 0.279 e. The molecule has 2 aromatic carbocycles. The summed E-state index contributed by atoms with van der Waals surface area (Å²) in [5, 5.41) is 2.79. The van der Waals surface area contributed by atoms with Crippen molar-refractivity contribution in [1.29, 1.82) is 0 Å². The molecule has 0 spiro atoms. The van der Waals surface area contributed by atoms with Crippen LogP contribution in [0, 0.1) is 11.6 Å². The standard InChI is InChI=1S/C18H19F2N3O3S/c19-14-6-7-17(16(20)12-14)27(25,26)23-10-8-22(9-11-23)13-18(24)21-15-4-2-1-3-5-15/h1-7,12H,8-11,13H2,(H,21,24)/p+1. The molecule has 2 N–H and O–H groups in total. The second-order valence-corrected chi connectivity index (χ2v) is 8.23. The van der Waals surface area contributed by atoms with Crippen LogP contribution in [0.15, 0.2) is 53.4 Å². The molecule has 9 heteroatoms. The highest BCUT2D eigenvalue weighted by Crippen LogP contribution is 2.20. The number of sulfonamides is 1. The highest BCUT2D eigenvalue weighted by atomic mass is 32.2. The Morgan fingerprint density at radius 3 is 2.37 bits per heavy atom. The van der Waals surface area contributed by atoms with Crippen LogP contribution in [0.3, 0.4) is 0 Å². The number of carbonyl (C=O) groups excluding carboxylic acids is 1. The summed E-state index contributed by atoms with van der Waals surface area (Å²) >= 11 is 0. The van der Waals surface area contributed by atoms with Crippen LogP contribution < -0.4 is 10.2 Å². The van der Waals surface area contributed by atoms with Crippen LogP contribution in [0.2, 0.25) is 0 Å². The predicted molar refractivity (Wildman–Crippen MR) is 95.8 cm³/mol. The highest BCUT2D eigenvalue weighted by molar-refractivity contribution is 7.89. The topological polar surface area (TPSA) is 70.9 Å². The molecule has 1 saturated heterocycles. The number of nitrogens with zero attached hydrogens (tertiary/aromatic N) is 1. The minimum absolute atomic E-state index is 0.155. The third kappa shape index (κ3) is 4.68. The van der Waals surface area contributed by atoms with E-state index in [4.69, 9.17) is 0 Å². The Morgan fingerprint density at radius 2 is 1.74 bits per heavy atom. The van der Waals surface area contributed by atoms with Gasteiger partial charge in [-0.1, -0.05) is 18.2 Å². The molecule has 3 rings (SSSR count). The number of halogens is 2. The number of piperazine rings is 1. The summed E-state index contributed by atoms with van der Waals surface area (Å²) in [7, 11) is -4.03. The van der Waals surface area contributed by atoms with Gasteiger partial charge in [0.15, 0.2) is 6.54 Å². The third-order valence-corrected chi connectivity index (χ3v) is 6.34. The van der Waals surface area contributed by atoms with Crippen molar-refractivity contribution < 1.29 is 26.9 Å². The largest absolute Gasteiger partial charge is 0.325 e. The Morgan fingerprint density at radius 1 is 1.07 bits per heavy atom. The Hall–Kier alpha value is -2.36. The van der Waals surface area contributed by atoms with Crippen LogP contribution in [0.5, 0.6) is 0 Å². The van der Waals surface area contributed by atoms with E-state index in [1.54, 1.807) is 12.1 Å². The van der Waals surface area contributed by atoms with E-state index < -0.39 is 26.6 Å². The molecular weight excluding hydrogens is 376 g/mol. The SMILES string of the molecule is O=C(C[NH+]1CCN(S(=O)(=O)c2ccc(F)cc2F)CC1)Nc1ccccc1. The van der Waals surface area contributed by atoms with E-state index in [1.165, 1.54) is 4.31 Å². The summed E-state index contributed by atoms with van der Waals surface area (Å²) in [4.78, 5) is 12.5. The van der Waals surface area contributed by atoms with E-state index >= 15 is 0 Å². The molecule has 0 radical (unpaired) electrons. The number of quaternary nitrogens is 1. The summed E-state index contributed by atoms with van der Waals surface area (Å²) in [6.07, 6.45) is 0. The zero-order chi connectivity index (χ0) is 19.4. The molecule has 1 amide bonds. The lowest BCUT2D eigenvalue weighted by molar-refractivity contribution is -0.895. The lowest BCUT2D eigenvalue weighted by Gasteiger charge is -2.31. The molecule has 6 nitrogen and oxygen atoms in total. The van der Waals surface area contributed by atoms with Gasteiger partial charge in [0.1, 0.15) is 16.5 Å². The molecule has 1 heterocycles. The maximum absolute atomic E-state index is 13.9. The number of hydrogen-bond acceptors (Lipinski definition) is 3. The molecule has 2 aromatic rings. The van der Waals surface area contributed by atoms with E-state index in [-0.39, 0.29) is 25.5 Å². The molecule has 1 aliphatic rings. The molecule has 144 valence electrons. The van der Waals surface area contributed by atoms with Crippen molar-refractivity contribution in [3.05, 3.63) is 60.2 Å². The molecule has 0 atom stereocenters. The summed E-state index contributed by atoms with van der Waals surface area (Å²) < 4.78 is 53.2. The predicted octanol–water partition coefficient (Wildman–Crippen LogP) is 0.493. The second-order valence-electron chi connectivity index (χ2n) is 6.32. The minimum atomic E-state index is -4.03. The van der Waals surface area contributed by atoms with Gasteiger partial charge in [0.05, 0.1) is 26.2 Å². The molecule has 0 unspecified atom stereocenters. The average Bonchev–Trinajstić information content (AvgIpc) is 2.62. The third-order valence-electron chi connectivity index (χ3n) is 4.41. The van der Waals surface area contributed by atoms with Crippen molar-refractivity contribution >= 4 is 21.6 Å². The first-order chi connectivity index (χ1) is 12.9. The zero-order valence-corrected chi connectivity index (χ0v) is 15.3. The van der Waals surface area contributed by atoms with Gasteiger partial charge >= 0.3 is 0 Å². The van der Waals surface area contributed by atoms with Gasteiger partial charge in [0.2, 0.25) is 10.0 Å². The number of rotatable bonds is 5. The molecule has 0 aromatic heterocycles. The summed E-state index contributed by atoms with van der Waals surface area (Å²) in [5.41, 5.74) is 0.704. The number of anilines is 1. The molecule has 27 heavy (non-hydrogen) atoms. The van der Waals surface area contributed by atoms with Crippen LogP contribution in [0.1, 0.15) is 0 Å². The van der Waals surface area contributed by atoms with Gasteiger partial charge in [-0.2, -0.15) is 4.31 Å². The Balaban J connectivity index is 1.57. The highest BCUT2D eigenvalue weighted by Gasteiger charge is 2.32. The van der Waals surface area contributed by atoms with E-state index in [0.29, 0.717) is 24.8 Å². The molecular formula is C18H20F2N3O3S+. The minimum Gasteiger partial charge on any atom is -0.325 e. The fraction of sp³-hybridized carbons (Fsp3) is 0.278. The van der Waals surface area contributed by atoms with Gasteiger partial charge in [-0.05, 0) is 24.3 Å². The monoisotopic (exact) mass is 396 g/mol. The lowest BCUT2D eigenvalue weighted by atomic mass is 10.3. The summed E-state index contributed by atoms with van der Waals surface area (Å²) in [6.45, 7) is 1.38. The van der Waals surface area contributed by atoms with Gasteiger partial charge < -0.3 is 10.2 Å². The van der Waals surface area contributed by atoms with E-state index in [2.05, 4.69) is 5.32 Å². The van der Waals surface area contributed by atoms with Crippen molar-refractivity contribution in [3.8, 4) is 0 Å². The zero-order valence-electron chi connectivity index (χ0n) is 14.5. The second kappa shape index (κ2) is 8.12. The van der Waals surface area contributed by atoms with Crippen molar-refractivity contribution in [2.24, 2.45) is 0 Å².